The minimum absolute atomic E-state index is 0.240. The van der Waals surface area contributed by atoms with Crippen LogP contribution in [0.1, 0.15) is 49.5 Å². The fourth-order valence-corrected chi connectivity index (χ4v) is 4.96. The van der Waals surface area contributed by atoms with E-state index in [9.17, 15) is 9.59 Å². The third kappa shape index (κ3) is 3.89. The molecule has 5 nitrogen and oxygen atoms in total. The van der Waals surface area contributed by atoms with Crippen molar-refractivity contribution in [2.24, 2.45) is 0 Å². The lowest BCUT2D eigenvalue weighted by Gasteiger charge is -2.12. The predicted octanol–water partition coefficient (Wildman–Crippen LogP) is 6.55. The number of benzene rings is 3. The van der Waals surface area contributed by atoms with Crippen LogP contribution in [0.25, 0.3) is 33.5 Å². The number of aromatic nitrogens is 2. The number of aryl methyl sites for hydroxylation is 1. The van der Waals surface area contributed by atoms with Gasteiger partial charge in [0.15, 0.2) is 6.61 Å². The molecule has 0 unspecified atom stereocenters. The number of carbonyl (C=O) groups excluding carboxylic acids is 2. The monoisotopic (exact) mass is 472 g/mol. The molecule has 0 spiro atoms. The van der Waals surface area contributed by atoms with Gasteiger partial charge in [-0.3, -0.25) is 4.79 Å². The Morgan fingerprint density at radius 1 is 0.944 bits per heavy atom. The van der Waals surface area contributed by atoms with Gasteiger partial charge >= 0.3 is 5.97 Å². The lowest BCUT2D eigenvalue weighted by Crippen LogP contribution is -2.16. The fraction of sp³-hybridized carbons (Fsp3) is 0.129. The summed E-state index contributed by atoms with van der Waals surface area (Å²) in [4.78, 5) is 34.4. The molecule has 0 amide bonds. The third-order valence-electron chi connectivity index (χ3n) is 6.79. The van der Waals surface area contributed by atoms with E-state index in [1.54, 1.807) is 6.20 Å². The Morgan fingerprint density at radius 3 is 2.53 bits per heavy atom. The number of ether oxygens (including phenoxy) is 1. The standard InChI is InChI=1S/C31H24N2O3/c1-19-10-12-20(13-11-19)16-21-14-15-24-29(23-7-3-5-9-27(23)33-30(21)24)31(35)36-18-28(34)25-17-32-26-8-4-2-6-22(25)26/h2-13,16-17,32H,14-15,18H2,1H3. The highest BCUT2D eigenvalue weighted by Gasteiger charge is 2.28. The summed E-state index contributed by atoms with van der Waals surface area (Å²) in [7, 11) is 0. The molecule has 5 aromatic rings. The van der Waals surface area contributed by atoms with E-state index in [4.69, 9.17) is 9.72 Å². The van der Waals surface area contributed by atoms with Crippen LogP contribution in [0, 0.1) is 6.92 Å². The highest BCUT2D eigenvalue weighted by Crippen LogP contribution is 2.38. The largest absolute Gasteiger partial charge is 0.454 e. The van der Waals surface area contributed by atoms with Crippen LogP contribution in [-0.4, -0.2) is 28.3 Å². The number of carbonyl (C=O) groups is 2. The second kappa shape index (κ2) is 8.93. The lowest BCUT2D eigenvalue weighted by molar-refractivity contribution is 0.0476. The highest BCUT2D eigenvalue weighted by molar-refractivity contribution is 6.11. The van der Waals surface area contributed by atoms with E-state index in [1.165, 1.54) is 5.56 Å². The summed E-state index contributed by atoms with van der Waals surface area (Å²) >= 11 is 0. The number of rotatable bonds is 5. The van der Waals surface area contributed by atoms with E-state index in [0.717, 1.165) is 50.6 Å². The molecule has 176 valence electrons. The molecule has 0 fully saturated rings. The second-order valence-electron chi connectivity index (χ2n) is 9.16. The van der Waals surface area contributed by atoms with E-state index in [2.05, 4.69) is 42.2 Å². The average Bonchev–Trinajstić information content (AvgIpc) is 3.51. The molecule has 2 aromatic heterocycles. The molecule has 1 aliphatic rings. The number of nitrogens with zero attached hydrogens (tertiary/aromatic N) is 1. The van der Waals surface area contributed by atoms with Gasteiger partial charge in [0.2, 0.25) is 5.78 Å². The van der Waals surface area contributed by atoms with Crippen LogP contribution in [0.5, 0.6) is 0 Å². The topological polar surface area (TPSA) is 72.0 Å². The lowest BCUT2D eigenvalue weighted by atomic mass is 10.0. The summed E-state index contributed by atoms with van der Waals surface area (Å²) in [6, 6.07) is 23.5. The number of pyridine rings is 1. The van der Waals surface area contributed by atoms with E-state index < -0.39 is 5.97 Å². The molecule has 0 radical (unpaired) electrons. The van der Waals surface area contributed by atoms with Crippen molar-refractivity contribution in [2.45, 2.75) is 19.8 Å². The normalized spacial score (nSPS) is 13.9. The van der Waals surface area contributed by atoms with Crippen LogP contribution in [0.4, 0.5) is 0 Å². The molecule has 5 heteroatoms. The van der Waals surface area contributed by atoms with Gasteiger partial charge in [0.25, 0.3) is 0 Å². The van der Waals surface area contributed by atoms with Crippen LogP contribution in [-0.2, 0) is 11.2 Å². The van der Waals surface area contributed by atoms with E-state index >= 15 is 0 Å². The van der Waals surface area contributed by atoms with E-state index in [-0.39, 0.29) is 12.4 Å². The van der Waals surface area contributed by atoms with Gasteiger partial charge in [-0.05, 0) is 54.7 Å². The van der Waals surface area contributed by atoms with Gasteiger partial charge < -0.3 is 9.72 Å². The Hall–Kier alpha value is -4.51. The maximum atomic E-state index is 13.4. The molecular formula is C31H24N2O3. The summed E-state index contributed by atoms with van der Waals surface area (Å²) < 4.78 is 5.61. The molecule has 0 aliphatic heterocycles. The first kappa shape index (κ1) is 22.0. The summed E-state index contributed by atoms with van der Waals surface area (Å²) in [6.07, 6.45) is 5.30. The summed E-state index contributed by atoms with van der Waals surface area (Å²) in [5.41, 5.74) is 7.78. The molecule has 6 rings (SSSR count). The number of H-pyrrole nitrogens is 1. The maximum absolute atomic E-state index is 13.4. The van der Waals surface area contributed by atoms with Gasteiger partial charge in [0.1, 0.15) is 0 Å². The molecular weight excluding hydrogens is 448 g/mol. The first-order valence-corrected chi connectivity index (χ1v) is 12.0. The van der Waals surface area contributed by atoms with Crippen molar-refractivity contribution < 1.29 is 14.3 Å². The summed E-state index contributed by atoms with van der Waals surface area (Å²) in [6.45, 7) is 1.74. The average molecular weight is 473 g/mol. The number of Topliss-reactive ketones (excluding diaryl/α,β-unsaturated/α-hetero) is 1. The molecule has 0 saturated heterocycles. The van der Waals surface area contributed by atoms with Crippen LogP contribution < -0.4 is 0 Å². The predicted molar refractivity (Wildman–Crippen MR) is 142 cm³/mol. The van der Waals surface area contributed by atoms with Crippen molar-refractivity contribution in [2.75, 3.05) is 6.61 Å². The van der Waals surface area contributed by atoms with Crippen molar-refractivity contribution in [3.05, 3.63) is 113 Å². The molecule has 0 saturated carbocycles. The maximum Gasteiger partial charge on any atom is 0.339 e. The zero-order chi connectivity index (χ0) is 24.6. The SMILES string of the molecule is Cc1ccc(C=C2CCc3c2nc2ccccc2c3C(=O)OCC(=O)c2c[nH]c3ccccc23)cc1. The number of para-hydroxylation sites is 2. The molecule has 1 aliphatic carbocycles. The Morgan fingerprint density at radius 2 is 1.69 bits per heavy atom. The van der Waals surface area contributed by atoms with E-state index in [1.807, 2.05) is 48.5 Å². The Balaban J connectivity index is 1.34. The van der Waals surface area contributed by atoms with Gasteiger partial charge in [0, 0.05) is 28.0 Å². The number of fused-ring (bicyclic) bond motifs is 3. The van der Waals surface area contributed by atoms with Gasteiger partial charge in [-0.15, -0.1) is 0 Å². The van der Waals surface area contributed by atoms with Crippen LogP contribution in [0.2, 0.25) is 0 Å². The Labute approximate surface area is 208 Å². The number of hydrogen-bond donors (Lipinski definition) is 1. The van der Waals surface area contributed by atoms with Gasteiger partial charge in [-0.2, -0.15) is 0 Å². The quantitative estimate of drug-likeness (QED) is 0.233. The zero-order valence-corrected chi connectivity index (χ0v) is 19.9. The Kier molecular flexibility index (Phi) is 5.45. The smallest absolute Gasteiger partial charge is 0.339 e. The second-order valence-corrected chi connectivity index (χ2v) is 9.16. The highest BCUT2D eigenvalue weighted by atomic mass is 16.5. The fourth-order valence-electron chi connectivity index (χ4n) is 4.96. The van der Waals surface area contributed by atoms with Crippen molar-refractivity contribution in [3.63, 3.8) is 0 Å². The molecule has 36 heavy (non-hydrogen) atoms. The van der Waals surface area contributed by atoms with Crippen LogP contribution in [0.3, 0.4) is 0 Å². The first-order chi connectivity index (χ1) is 17.6. The van der Waals surface area contributed by atoms with Gasteiger partial charge in [0.05, 0.1) is 16.8 Å². The van der Waals surface area contributed by atoms with Crippen molar-refractivity contribution in [3.8, 4) is 0 Å². The Bertz CT molecular complexity index is 1680. The number of ketones is 1. The number of nitrogens with one attached hydrogen (secondary N) is 1. The number of allylic oxidation sites excluding steroid dienone is 1. The number of hydrogen-bond acceptors (Lipinski definition) is 4. The summed E-state index contributed by atoms with van der Waals surface area (Å²) in [5.74, 6) is -0.731. The molecule has 0 atom stereocenters. The zero-order valence-electron chi connectivity index (χ0n) is 19.9. The molecule has 3 aromatic carbocycles. The molecule has 2 heterocycles. The summed E-state index contributed by atoms with van der Waals surface area (Å²) in [5, 5.41) is 1.57. The minimum Gasteiger partial charge on any atom is -0.454 e. The van der Waals surface area contributed by atoms with Crippen molar-refractivity contribution in [1.82, 2.24) is 9.97 Å². The van der Waals surface area contributed by atoms with E-state index in [0.29, 0.717) is 17.5 Å². The minimum atomic E-state index is -0.491. The van der Waals surface area contributed by atoms with Gasteiger partial charge in [-0.1, -0.05) is 66.2 Å². The van der Waals surface area contributed by atoms with Gasteiger partial charge in [-0.25, -0.2) is 9.78 Å². The third-order valence-corrected chi connectivity index (χ3v) is 6.79. The van der Waals surface area contributed by atoms with Crippen LogP contribution in [0.15, 0.2) is 79.0 Å². The van der Waals surface area contributed by atoms with Crippen LogP contribution >= 0.6 is 0 Å². The van der Waals surface area contributed by atoms with Crippen molar-refractivity contribution >= 4 is 45.2 Å². The first-order valence-electron chi connectivity index (χ1n) is 12.0. The molecule has 0 bridgehead atoms. The number of esters is 1. The number of aromatic amines is 1. The molecule has 1 N–H and O–H groups in total. The van der Waals surface area contributed by atoms with Crippen molar-refractivity contribution in [1.29, 1.82) is 0 Å².